The van der Waals surface area contributed by atoms with Crippen molar-refractivity contribution in [2.24, 2.45) is 0 Å². The molecule has 0 bridgehead atoms. The van der Waals surface area contributed by atoms with Gasteiger partial charge in [0.25, 0.3) is 0 Å². The number of fused-ring (bicyclic) bond motifs is 6. The maximum atomic E-state index is 8.53. The van der Waals surface area contributed by atoms with Crippen LogP contribution in [-0.2, 0) is 0 Å². The largest absolute Gasteiger partial charge is 0.309 e. The third-order valence-corrected chi connectivity index (χ3v) is 15.8. The molecule has 6 nitrogen and oxygen atoms in total. The van der Waals surface area contributed by atoms with Crippen LogP contribution in [0, 0.1) is 6.57 Å². The van der Waals surface area contributed by atoms with Crippen molar-refractivity contribution < 1.29 is 0 Å². The Morgan fingerprint density at radius 2 is 0.561 bits per heavy atom. The summed E-state index contributed by atoms with van der Waals surface area (Å²) in [5, 5.41) is 4.50. The van der Waals surface area contributed by atoms with Gasteiger partial charge in [-0.2, -0.15) is 0 Å². The molecule has 0 fully saturated rings. The maximum Gasteiger partial charge on any atom is 0.188 e. The zero-order valence-corrected chi connectivity index (χ0v) is 44.4. The predicted molar refractivity (Wildman–Crippen MR) is 338 cm³/mol. The molecule has 0 saturated carbocycles. The second-order valence-electron chi connectivity index (χ2n) is 20.6. The highest BCUT2D eigenvalue weighted by Gasteiger charge is 2.24. The van der Waals surface area contributed by atoms with Crippen LogP contribution in [0.4, 0.5) is 5.69 Å². The van der Waals surface area contributed by atoms with Crippen LogP contribution in [0.3, 0.4) is 0 Å². The summed E-state index contributed by atoms with van der Waals surface area (Å²) in [6.45, 7) is 8.53. The van der Waals surface area contributed by atoms with Crippen molar-refractivity contribution >= 4 is 49.3 Å². The molecule has 382 valence electrons. The van der Waals surface area contributed by atoms with E-state index in [0.717, 1.165) is 127 Å². The monoisotopic (exact) mass is 1040 g/mol. The highest BCUT2D eigenvalue weighted by molar-refractivity contribution is 6.14. The van der Waals surface area contributed by atoms with Crippen molar-refractivity contribution in [3.63, 3.8) is 0 Å². The number of nitrogens with zero attached hydrogens (tertiary/aromatic N) is 6. The summed E-state index contributed by atoms with van der Waals surface area (Å²) in [6, 6.07) is 103. The minimum atomic E-state index is 0.534. The van der Waals surface area contributed by atoms with Crippen LogP contribution in [0.2, 0.25) is 0 Å². The summed E-state index contributed by atoms with van der Waals surface area (Å²) < 4.78 is 4.80. The first-order chi connectivity index (χ1) is 40.6. The molecule has 0 saturated heterocycles. The van der Waals surface area contributed by atoms with E-state index >= 15 is 0 Å². The SMILES string of the molecule is [C-]#[N+]c1ccc(-n2c3ccc(-c4ccccc4)cc3c3cc(-c4ccccc4)ccc32)c(-c2ccc(-c3nc(-c4ccccc4)nc(-c4ccccc4)n3)cc2-n2c3ccc(-c4ccccc4)cc3c3cc(-c4ccccc4)ccc32)c1. The average Bonchev–Trinajstić information content (AvgIpc) is 3.98. The lowest BCUT2D eigenvalue weighted by Gasteiger charge is -2.20. The van der Waals surface area contributed by atoms with E-state index in [1.807, 2.05) is 66.7 Å². The van der Waals surface area contributed by atoms with Gasteiger partial charge in [0.15, 0.2) is 23.2 Å². The van der Waals surface area contributed by atoms with Gasteiger partial charge >= 0.3 is 0 Å². The Balaban J connectivity index is 1.03. The van der Waals surface area contributed by atoms with E-state index in [4.69, 9.17) is 21.5 Å². The van der Waals surface area contributed by atoms with Crippen LogP contribution < -0.4 is 0 Å². The van der Waals surface area contributed by atoms with Gasteiger partial charge in [-0.05, 0) is 117 Å². The van der Waals surface area contributed by atoms with E-state index < -0.39 is 0 Å². The van der Waals surface area contributed by atoms with Gasteiger partial charge in [0.05, 0.1) is 40.0 Å². The number of rotatable bonds is 10. The Morgan fingerprint density at radius 1 is 0.244 bits per heavy atom. The molecule has 0 atom stereocenters. The second-order valence-corrected chi connectivity index (χ2v) is 20.6. The van der Waals surface area contributed by atoms with Crippen molar-refractivity contribution in [1.82, 2.24) is 24.1 Å². The van der Waals surface area contributed by atoms with E-state index in [1.54, 1.807) is 0 Å². The molecule has 6 heteroatoms. The number of hydrogen-bond donors (Lipinski definition) is 0. The fourth-order valence-electron chi connectivity index (χ4n) is 11.8. The lowest BCUT2D eigenvalue weighted by atomic mass is 9.97. The van der Waals surface area contributed by atoms with Crippen molar-refractivity contribution in [3.05, 3.63) is 303 Å². The first-order valence-electron chi connectivity index (χ1n) is 27.5. The molecule has 0 amide bonds. The van der Waals surface area contributed by atoms with Crippen LogP contribution in [0.15, 0.2) is 291 Å². The van der Waals surface area contributed by atoms with Crippen molar-refractivity contribution in [1.29, 1.82) is 0 Å². The Bertz CT molecular complexity index is 4700. The number of hydrogen-bond acceptors (Lipinski definition) is 3. The molecule has 3 aromatic heterocycles. The van der Waals surface area contributed by atoms with E-state index in [2.05, 4.69) is 238 Å². The molecule has 15 rings (SSSR count). The molecule has 82 heavy (non-hydrogen) atoms. The van der Waals surface area contributed by atoms with Crippen LogP contribution in [0.5, 0.6) is 0 Å². The van der Waals surface area contributed by atoms with Crippen molar-refractivity contribution in [2.75, 3.05) is 0 Å². The Labute approximate surface area is 474 Å². The normalized spacial score (nSPS) is 11.4. The molecule has 0 aliphatic carbocycles. The Hall–Kier alpha value is -11.3. The van der Waals surface area contributed by atoms with Gasteiger partial charge in [0.1, 0.15) is 0 Å². The molecule has 0 aliphatic heterocycles. The van der Waals surface area contributed by atoms with Crippen LogP contribution >= 0.6 is 0 Å². The van der Waals surface area contributed by atoms with Gasteiger partial charge < -0.3 is 9.13 Å². The van der Waals surface area contributed by atoms with E-state index in [1.165, 1.54) is 0 Å². The molecular weight excluding hydrogens is 997 g/mol. The summed E-state index contributed by atoms with van der Waals surface area (Å²) in [5.74, 6) is 1.70. The highest BCUT2D eigenvalue weighted by atomic mass is 15.0. The third-order valence-electron chi connectivity index (χ3n) is 15.8. The van der Waals surface area contributed by atoms with E-state index in [-0.39, 0.29) is 0 Å². The van der Waals surface area contributed by atoms with E-state index in [9.17, 15) is 0 Å². The van der Waals surface area contributed by atoms with E-state index in [0.29, 0.717) is 23.2 Å². The second kappa shape index (κ2) is 20.2. The molecule has 3 heterocycles. The highest BCUT2D eigenvalue weighted by Crippen LogP contribution is 2.46. The molecule has 0 spiro atoms. The molecular formula is C76H48N6. The Morgan fingerprint density at radius 3 is 0.915 bits per heavy atom. The molecule has 0 radical (unpaired) electrons. The number of benzene rings is 12. The van der Waals surface area contributed by atoms with Crippen LogP contribution in [0.25, 0.3) is 150 Å². The lowest BCUT2D eigenvalue weighted by Crippen LogP contribution is -2.04. The minimum absolute atomic E-state index is 0.534. The predicted octanol–water partition coefficient (Wildman–Crippen LogP) is 20.0. The van der Waals surface area contributed by atoms with Crippen LogP contribution in [-0.4, -0.2) is 24.1 Å². The molecule has 0 unspecified atom stereocenters. The average molecular weight is 1050 g/mol. The van der Waals surface area contributed by atoms with Crippen molar-refractivity contribution in [2.45, 2.75) is 0 Å². The van der Waals surface area contributed by atoms with Gasteiger partial charge in [0.2, 0.25) is 0 Å². The molecule has 0 N–H and O–H groups in total. The van der Waals surface area contributed by atoms with Crippen molar-refractivity contribution in [3.8, 4) is 101 Å². The first-order valence-corrected chi connectivity index (χ1v) is 27.5. The minimum Gasteiger partial charge on any atom is -0.309 e. The smallest absolute Gasteiger partial charge is 0.188 e. The van der Waals surface area contributed by atoms with Gasteiger partial charge in [-0.1, -0.05) is 224 Å². The zero-order chi connectivity index (χ0) is 54.5. The maximum absolute atomic E-state index is 8.53. The van der Waals surface area contributed by atoms with Gasteiger partial charge in [-0.15, -0.1) is 0 Å². The first kappa shape index (κ1) is 47.9. The Kier molecular flexibility index (Phi) is 11.8. The topological polar surface area (TPSA) is 52.9 Å². The number of aromatic nitrogens is 5. The van der Waals surface area contributed by atoms with Gasteiger partial charge in [-0.3, -0.25) is 0 Å². The fourth-order valence-corrected chi connectivity index (χ4v) is 11.8. The summed E-state index contributed by atoms with van der Waals surface area (Å²) in [6.07, 6.45) is 0. The van der Waals surface area contributed by atoms with Crippen LogP contribution in [0.1, 0.15) is 0 Å². The molecule has 12 aromatic carbocycles. The summed E-state index contributed by atoms with van der Waals surface area (Å²) in [5.41, 5.74) is 20.1. The summed E-state index contributed by atoms with van der Waals surface area (Å²) in [4.78, 5) is 19.7. The molecule has 0 aliphatic rings. The van der Waals surface area contributed by atoms with Gasteiger partial charge in [0, 0.05) is 43.8 Å². The third kappa shape index (κ3) is 8.49. The molecule has 15 aromatic rings. The quantitative estimate of drug-likeness (QED) is 0.128. The van der Waals surface area contributed by atoms with Gasteiger partial charge in [-0.25, -0.2) is 19.8 Å². The lowest BCUT2D eigenvalue weighted by molar-refractivity contribution is 1.07. The summed E-state index contributed by atoms with van der Waals surface area (Å²) in [7, 11) is 0. The zero-order valence-electron chi connectivity index (χ0n) is 44.4. The summed E-state index contributed by atoms with van der Waals surface area (Å²) >= 11 is 0. The standard InChI is InChI=1S/C76H48N6/c1-77-61-37-43-72(81-68-39-33-56(50-20-8-2-9-21-50)44-63(68)64-45-57(34-40-69(64)81)51-22-10-3-11-23-51)67(49-61)62-38-32-60(76-79-74(54-28-16-6-17-29-54)78-75(80-76)55-30-18-7-19-31-55)48-73(62)82-70-41-35-58(52-24-12-4-13-25-52)46-65(70)66-47-59(36-42-71(66)82)53-26-14-5-15-27-53/h2-49H. The fraction of sp³-hybridized carbons (Fsp3) is 0.